The molecule has 0 bridgehead atoms. The molecule has 37 heavy (non-hydrogen) atoms. The van der Waals surface area contributed by atoms with E-state index >= 15 is 0 Å². The Balaban J connectivity index is 2.13. The fourth-order valence-electron chi connectivity index (χ4n) is 4.22. The van der Waals surface area contributed by atoms with E-state index in [1.807, 2.05) is 72.8 Å². The second kappa shape index (κ2) is 12.2. The molecular formula is C31H30NO4P. The van der Waals surface area contributed by atoms with Gasteiger partial charge in [0.1, 0.15) is 5.70 Å². The summed E-state index contributed by atoms with van der Waals surface area (Å²) >= 11 is 0. The van der Waals surface area contributed by atoms with Gasteiger partial charge in [-0.15, -0.1) is 0 Å². The van der Waals surface area contributed by atoms with Gasteiger partial charge < -0.3 is 14.2 Å². The third kappa shape index (κ3) is 5.52. The van der Waals surface area contributed by atoms with Crippen molar-refractivity contribution in [1.29, 1.82) is 0 Å². The van der Waals surface area contributed by atoms with Gasteiger partial charge in [-0.1, -0.05) is 103 Å². The summed E-state index contributed by atoms with van der Waals surface area (Å²) in [6.45, 7) is 2.02. The monoisotopic (exact) mass is 511 g/mol. The molecule has 0 saturated carbocycles. The second-order valence-corrected chi connectivity index (χ2v) is 11.1. The summed E-state index contributed by atoms with van der Waals surface area (Å²) in [6, 6.07) is 36.0. The maximum Gasteiger partial charge on any atom is 0.356 e. The summed E-state index contributed by atoms with van der Waals surface area (Å²) in [4.78, 5) is 13.4. The van der Waals surface area contributed by atoms with Gasteiger partial charge in [-0.05, 0) is 19.1 Å². The van der Waals surface area contributed by atoms with Crippen molar-refractivity contribution in [2.75, 3.05) is 20.8 Å². The lowest BCUT2D eigenvalue weighted by molar-refractivity contribution is -0.138. The molecule has 0 atom stereocenters. The Hall–Kier alpha value is -4.08. The Kier molecular flexibility index (Phi) is 8.60. The first kappa shape index (κ1) is 26.0. The van der Waals surface area contributed by atoms with Gasteiger partial charge in [-0.25, -0.2) is 9.54 Å². The van der Waals surface area contributed by atoms with Crippen LogP contribution in [0.4, 0.5) is 0 Å². The molecule has 0 saturated heterocycles. The first-order chi connectivity index (χ1) is 18.1. The molecule has 5 nitrogen and oxygen atoms in total. The van der Waals surface area contributed by atoms with E-state index in [9.17, 15) is 4.79 Å². The molecule has 4 aromatic carbocycles. The van der Waals surface area contributed by atoms with Crippen LogP contribution < -0.4 is 25.4 Å². The number of benzene rings is 4. The number of carbonyl (C=O) groups is 1. The molecule has 0 spiro atoms. The zero-order valence-electron chi connectivity index (χ0n) is 21.2. The minimum Gasteiger partial charge on any atom is -0.493 e. The topological polar surface area (TPSA) is 57.1 Å². The van der Waals surface area contributed by atoms with Crippen LogP contribution in [0.2, 0.25) is 0 Å². The summed E-state index contributed by atoms with van der Waals surface area (Å²) in [6.07, 6.45) is 1.73. The minimum atomic E-state index is -2.68. The van der Waals surface area contributed by atoms with E-state index in [4.69, 9.17) is 19.0 Å². The highest BCUT2D eigenvalue weighted by Gasteiger charge is 2.29. The molecular weight excluding hydrogens is 481 g/mol. The number of hydrogen-bond acceptors (Lipinski definition) is 5. The van der Waals surface area contributed by atoms with Crippen LogP contribution in [0.5, 0.6) is 11.5 Å². The molecule has 0 N–H and O–H groups in total. The maximum absolute atomic E-state index is 13.4. The number of nitrogens with zero attached hydrogens (tertiary/aromatic N) is 1. The summed E-state index contributed by atoms with van der Waals surface area (Å²) < 4.78 is 22.0. The molecule has 0 aliphatic heterocycles. The standard InChI is InChI=1S/C31H30NO4P/c1-4-36-31(33)28(23-24-15-14-22-29(34-2)30(24)35-3)32-37(25-16-8-5-9-17-25,26-18-10-6-11-19-26)27-20-12-7-13-21-27/h5-23H,4H2,1-3H3/b28-23+. The highest BCUT2D eigenvalue weighted by Crippen LogP contribution is 2.48. The molecule has 0 amide bonds. The van der Waals surface area contributed by atoms with Crippen LogP contribution in [-0.4, -0.2) is 26.8 Å². The van der Waals surface area contributed by atoms with Gasteiger partial charge in [0.2, 0.25) is 0 Å². The number of carbonyl (C=O) groups excluding carboxylic acids is 1. The van der Waals surface area contributed by atoms with Crippen molar-refractivity contribution in [1.82, 2.24) is 0 Å². The quantitative estimate of drug-likeness (QED) is 0.162. The van der Waals surface area contributed by atoms with Crippen molar-refractivity contribution < 1.29 is 19.0 Å². The fraction of sp³-hybridized carbons (Fsp3) is 0.129. The normalized spacial score (nSPS) is 11.5. The minimum absolute atomic E-state index is 0.207. The fourth-order valence-corrected chi connectivity index (χ4v) is 7.73. The lowest BCUT2D eigenvalue weighted by atomic mass is 10.1. The van der Waals surface area contributed by atoms with E-state index < -0.39 is 13.0 Å². The number of esters is 1. The van der Waals surface area contributed by atoms with Crippen molar-refractivity contribution in [2.24, 2.45) is 4.74 Å². The van der Waals surface area contributed by atoms with Crippen molar-refractivity contribution in [2.45, 2.75) is 6.92 Å². The van der Waals surface area contributed by atoms with Crippen LogP contribution in [0, 0.1) is 0 Å². The van der Waals surface area contributed by atoms with E-state index in [2.05, 4.69) is 36.4 Å². The van der Waals surface area contributed by atoms with Gasteiger partial charge in [0.15, 0.2) is 11.5 Å². The van der Waals surface area contributed by atoms with Crippen LogP contribution in [0.15, 0.2) is 120 Å². The Morgan fingerprint density at radius 2 is 1.24 bits per heavy atom. The molecule has 4 rings (SSSR count). The van der Waals surface area contributed by atoms with Gasteiger partial charge in [-0.3, -0.25) is 0 Å². The van der Waals surface area contributed by atoms with Crippen LogP contribution in [0.3, 0.4) is 0 Å². The molecule has 6 heteroatoms. The highest BCUT2D eigenvalue weighted by atomic mass is 31.2. The average Bonchev–Trinajstić information content (AvgIpc) is 2.96. The Bertz CT molecular complexity index is 1310. The predicted octanol–water partition coefficient (Wildman–Crippen LogP) is 5.79. The van der Waals surface area contributed by atoms with E-state index in [0.29, 0.717) is 17.1 Å². The summed E-state index contributed by atoms with van der Waals surface area (Å²) in [5.74, 6) is 0.583. The number of rotatable bonds is 9. The van der Waals surface area contributed by atoms with Gasteiger partial charge in [0.25, 0.3) is 0 Å². The van der Waals surface area contributed by atoms with E-state index in [0.717, 1.165) is 15.9 Å². The van der Waals surface area contributed by atoms with E-state index in [-0.39, 0.29) is 12.3 Å². The molecule has 0 fully saturated rings. The van der Waals surface area contributed by atoms with E-state index in [1.165, 1.54) is 0 Å². The Labute approximate surface area is 218 Å². The van der Waals surface area contributed by atoms with Gasteiger partial charge in [0, 0.05) is 21.5 Å². The number of para-hydroxylation sites is 1. The zero-order chi connectivity index (χ0) is 26.1. The molecule has 0 unspecified atom stereocenters. The molecule has 0 heterocycles. The van der Waals surface area contributed by atoms with E-state index in [1.54, 1.807) is 27.2 Å². The average molecular weight is 512 g/mol. The predicted molar refractivity (Wildman–Crippen MR) is 152 cm³/mol. The third-order valence-corrected chi connectivity index (χ3v) is 9.51. The zero-order valence-corrected chi connectivity index (χ0v) is 22.1. The second-order valence-electron chi connectivity index (χ2n) is 8.07. The van der Waals surface area contributed by atoms with Gasteiger partial charge in [-0.2, -0.15) is 0 Å². The van der Waals surface area contributed by atoms with Crippen LogP contribution in [0.1, 0.15) is 12.5 Å². The van der Waals surface area contributed by atoms with Crippen molar-refractivity contribution >= 4 is 35.0 Å². The Morgan fingerprint density at radius 1 is 0.730 bits per heavy atom. The molecule has 188 valence electrons. The van der Waals surface area contributed by atoms with Crippen LogP contribution in [-0.2, 0) is 9.53 Å². The molecule has 0 aromatic heterocycles. The molecule has 0 radical (unpaired) electrons. The summed E-state index contributed by atoms with van der Waals surface area (Å²) in [5, 5.41) is 3.08. The number of methoxy groups -OCH3 is 2. The number of hydrogen-bond donors (Lipinski definition) is 0. The smallest absolute Gasteiger partial charge is 0.356 e. The summed E-state index contributed by atoms with van der Waals surface area (Å²) in [7, 11) is 0.475. The van der Waals surface area contributed by atoms with Crippen molar-refractivity contribution in [3.05, 3.63) is 120 Å². The SMILES string of the molecule is CCOC(=O)/C(=C\c1cccc(OC)c1OC)N=P(c1ccccc1)(c1ccccc1)c1ccccc1. The largest absolute Gasteiger partial charge is 0.493 e. The maximum atomic E-state index is 13.4. The third-order valence-electron chi connectivity index (χ3n) is 5.86. The Morgan fingerprint density at radius 3 is 1.68 bits per heavy atom. The molecule has 0 aliphatic carbocycles. The highest BCUT2D eigenvalue weighted by molar-refractivity contribution is 7.87. The number of ether oxygens (including phenoxy) is 3. The first-order valence-electron chi connectivity index (χ1n) is 12.0. The van der Waals surface area contributed by atoms with Gasteiger partial charge in [0.05, 0.1) is 27.9 Å². The molecule has 4 aromatic rings. The lowest BCUT2D eigenvalue weighted by Crippen LogP contribution is -2.26. The van der Waals surface area contributed by atoms with Gasteiger partial charge >= 0.3 is 5.97 Å². The van der Waals surface area contributed by atoms with Crippen molar-refractivity contribution in [3.8, 4) is 11.5 Å². The first-order valence-corrected chi connectivity index (χ1v) is 13.8. The molecule has 0 aliphatic rings. The summed E-state index contributed by atoms with van der Waals surface area (Å²) in [5.41, 5.74) is 0.874. The van der Waals surface area contributed by atoms with Crippen LogP contribution >= 0.6 is 7.05 Å². The van der Waals surface area contributed by atoms with Crippen LogP contribution in [0.25, 0.3) is 6.08 Å². The van der Waals surface area contributed by atoms with Crippen molar-refractivity contribution in [3.63, 3.8) is 0 Å². The lowest BCUT2D eigenvalue weighted by Gasteiger charge is -2.27.